The molecule has 1 saturated heterocycles. The van der Waals surface area contributed by atoms with E-state index in [0.29, 0.717) is 56.8 Å². The molecule has 3 aromatic rings. The number of carbonyl (C=O) groups is 1. The van der Waals surface area contributed by atoms with E-state index in [4.69, 9.17) is 21.7 Å². The predicted octanol–water partition coefficient (Wildman–Crippen LogP) is 4.20. The summed E-state index contributed by atoms with van der Waals surface area (Å²) >= 11 is 6.69. The molecule has 8 nitrogen and oxygen atoms in total. The van der Waals surface area contributed by atoms with Crippen LogP contribution in [0, 0.1) is 12.8 Å². The second-order valence-electron chi connectivity index (χ2n) is 8.84. The molecule has 180 valence electrons. The van der Waals surface area contributed by atoms with Gasteiger partial charge in [0, 0.05) is 12.7 Å². The maximum atomic E-state index is 13.4. The lowest BCUT2D eigenvalue weighted by molar-refractivity contribution is -0.122. The Morgan fingerprint density at radius 3 is 2.80 bits per heavy atom. The highest BCUT2D eigenvalue weighted by molar-refractivity contribution is 8.26. The van der Waals surface area contributed by atoms with Gasteiger partial charge in [-0.2, -0.15) is 0 Å². The Bertz CT molecular complexity index is 1450. The summed E-state index contributed by atoms with van der Waals surface area (Å²) in [7, 11) is 0. The molecule has 10 heteroatoms. The normalized spacial score (nSPS) is 16.2. The van der Waals surface area contributed by atoms with E-state index in [1.54, 1.807) is 12.3 Å². The molecule has 0 bridgehead atoms. The van der Waals surface area contributed by atoms with Gasteiger partial charge in [0.25, 0.3) is 11.5 Å². The van der Waals surface area contributed by atoms with Crippen molar-refractivity contribution in [2.75, 3.05) is 18.7 Å². The van der Waals surface area contributed by atoms with E-state index >= 15 is 0 Å². The first-order valence-corrected chi connectivity index (χ1v) is 12.4. The summed E-state index contributed by atoms with van der Waals surface area (Å²) in [5.41, 5.74) is 2.43. The lowest BCUT2D eigenvalue weighted by atomic mass is 10.2. The van der Waals surface area contributed by atoms with Crippen molar-refractivity contribution < 1.29 is 14.3 Å². The fraction of sp³-hybridized carbons (Fsp3) is 0.280. The molecule has 4 heterocycles. The van der Waals surface area contributed by atoms with Gasteiger partial charge in [-0.05, 0) is 48.2 Å². The van der Waals surface area contributed by atoms with Crippen LogP contribution >= 0.6 is 24.0 Å². The fourth-order valence-electron chi connectivity index (χ4n) is 3.81. The van der Waals surface area contributed by atoms with E-state index in [9.17, 15) is 9.59 Å². The molecule has 0 unspecified atom stereocenters. The molecule has 2 aliphatic rings. The number of aromatic nitrogens is 2. The number of benzene rings is 1. The number of thiocarbonyl (C=S) groups is 1. The van der Waals surface area contributed by atoms with Crippen molar-refractivity contribution in [2.45, 2.75) is 27.3 Å². The van der Waals surface area contributed by atoms with Crippen LogP contribution in [-0.4, -0.2) is 37.8 Å². The second kappa shape index (κ2) is 9.35. The van der Waals surface area contributed by atoms with Gasteiger partial charge in [0.1, 0.15) is 15.8 Å². The number of amides is 1. The lowest BCUT2D eigenvalue weighted by Gasteiger charge is -2.15. The van der Waals surface area contributed by atoms with E-state index in [-0.39, 0.29) is 18.3 Å². The minimum absolute atomic E-state index is 0.185. The van der Waals surface area contributed by atoms with E-state index in [1.807, 2.05) is 37.3 Å². The van der Waals surface area contributed by atoms with Crippen LogP contribution in [0.2, 0.25) is 0 Å². The van der Waals surface area contributed by atoms with Crippen molar-refractivity contribution in [2.24, 2.45) is 5.92 Å². The number of hydrogen-bond donors (Lipinski definition) is 1. The number of carbonyl (C=O) groups excluding carboxylic acids is 1. The second-order valence-corrected chi connectivity index (χ2v) is 10.5. The first-order valence-electron chi connectivity index (χ1n) is 11.2. The minimum atomic E-state index is -0.249. The van der Waals surface area contributed by atoms with Crippen molar-refractivity contribution in [3.05, 3.63) is 68.5 Å². The fourth-order valence-corrected chi connectivity index (χ4v) is 5.05. The van der Waals surface area contributed by atoms with E-state index in [1.165, 1.54) is 21.1 Å². The maximum Gasteiger partial charge on any atom is 0.267 e. The molecule has 2 aromatic heterocycles. The number of fused-ring (bicyclic) bond motifs is 2. The number of nitrogens with one attached hydrogen (secondary N) is 1. The summed E-state index contributed by atoms with van der Waals surface area (Å²) in [4.78, 5) is 33.3. The maximum absolute atomic E-state index is 13.4. The molecule has 35 heavy (non-hydrogen) atoms. The van der Waals surface area contributed by atoms with Gasteiger partial charge in [-0.15, -0.1) is 0 Å². The number of thioether (sulfide) groups is 1. The molecule has 0 aliphatic carbocycles. The van der Waals surface area contributed by atoms with Crippen molar-refractivity contribution in [3.63, 3.8) is 0 Å². The third-order valence-corrected chi connectivity index (χ3v) is 6.99. The Morgan fingerprint density at radius 2 is 2.00 bits per heavy atom. The van der Waals surface area contributed by atoms with Crippen LogP contribution in [0.25, 0.3) is 11.7 Å². The molecular formula is C25H24N4O4S2. The van der Waals surface area contributed by atoms with Crippen molar-refractivity contribution in [3.8, 4) is 11.5 Å². The van der Waals surface area contributed by atoms with Gasteiger partial charge in [0.2, 0.25) is 6.79 Å². The summed E-state index contributed by atoms with van der Waals surface area (Å²) in [6.45, 7) is 7.18. The van der Waals surface area contributed by atoms with Gasteiger partial charge in [0.05, 0.1) is 17.0 Å². The third kappa shape index (κ3) is 4.63. The summed E-state index contributed by atoms with van der Waals surface area (Å²) < 4.78 is 12.7. The number of aryl methyl sites for hydroxylation is 1. The highest BCUT2D eigenvalue weighted by Gasteiger charge is 2.33. The summed E-state index contributed by atoms with van der Waals surface area (Å²) in [5, 5.41) is 3.27. The molecule has 2 aliphatic heterocycles. The van der Waals surface area contributed by atoms with Crippen molar-refractivity contribution in [1.82, 2.24) is 14.3 Å². The number of anilines is 1. The molecule has 0 atom stereocenters. The third-order valence-electron chi connectivity index (χ3n) is 5.61. The quantitative estimate of drug-likeness (QED) is 0.392. The summed E-state index contributed by atoms with van der Waals surface area (Å²) in [6, 6.07) is 9.27. The van der Waals surface area contributed by atoms with Crippen LogP contribution in [0.4, 0.5) is 5.82 Å². The summed E-state index contributed by atoms with van der Waals surface area (Å²) in [6.07, 6.45) is 3.35. The van der Waals surface area contributed by atoms with Gasteiger partial charge < -0.3 is 14.8 Å². The highest BCUT2D eigenvalue weighted by Crippen LogP contribution is 2.36. The van der Waals surface area contributed by atoms with E-state index < -0.39 is 0 Å². The standard InChI is InChI=1S/C25H24N4O4S2/c1-14(2)10-26-22-17(23(30)28-11-15(3)4-7-21(28)27-22)9-20-24(31)29(25(34)35-20)12-16-5-6-18-19(8-16)33-13-32-18/h4-9,11,14,26H,10,12-13H2,1-3H3. The van der Waals surface area contributed by atoms with E-state index in [0.717, 1.165) is 11.1 Å². The lowest BCUT2D eigenvalue weighted by Crippen LogP contribution is -2.27. The van der Waals surface area contributed by atoms with Crippen LogP contribution in [-0.2, 0) is 11.3 Å². The molecule has 1 N–H and O–H groups in total. The van der Waals surface area contributed by atoms with Gasteiger partial charge in [-0.1, -0.05) is 50.0 Å². The SMILES string of the molecule is Cc1ccc2nc(NCC(C)C)c(C=C3SC(=S)N(Cc4ccc5c(c4)OCO5)C3=O)c(=O)n2c1. The van der Waals surface area contributed by atoms with Gasteiger partial charge in [-0.3, -0.25) is 18.9 Å². The number of pyridine rings is 1. The first kappa shape index (κ1) is 23.4. The highest BCUT2D eigenvalue weighted by atomic mass is 32.2. The van der Waals surface area contributed by atoms with Gasteiger partial charge in [0.15, 0.2) is 11.5 Å². The Hall–Kier alpha value is -3.37. The van der Waals surface area contributed by atoms with Crippen LogP contribution in [0.5, 0.6) is 11.5 Å². The number of nitrogens with zero attached hydrogens (tertiary/aromatic N) is 3. The zero-order chi connectivity index (χ0) is 24.7. The molecule has 0 saturated carbocycles. The zero-order valence-electron chi connectivity index (χ0n) is 19.5. The van der Waals surface area contributed by atoms with Crippen LogP contribution in [0.15, 0.2) is 46.2 Å². The molecule has 1 aromatic carbocycles. The Balaban J connectivity index is 1.50. The van der Waals surface area contributed by atoms with Gasteiger partial charge >= 0.3 is 0 Å². The zero-order valence-corrected chi connectivity index (χ0v) is 21.2. The molecule has 1 amide bonds. The Kier molecular flexibility index (Phi) is 6.24. The van der Waals surface area contributed by atoms with Crippen LogP contribution in [0.1, 0.15) is 30.5 Å². The number of rotatable bonds is 6. The Morgan fingerprint density at radius 1 is 1.20 bits per heavy atom. The van der Waals surface area contributed by atoms with E-state index in [2.05, 4.69) is 24.1 Å². The molecule has 0 radical (unpaired) electrons. The number of ether oxygens (including phenoxy) is 2. The predicted molar refractivity (Wildman–Crippen MR) is 141 cm³/mol. The molecule has 1 fully saturated rings. The van der Waals surface area contributed by atoms with Crippen LogP contribution < -0.4 is 20.3 Å². The number of hydrogen-bond acceptors (Lipinski definition) is 8. The molecule has 0 spiro atoms. The van der Waals surface area contributed by atoms with Crippen molar-refractivity contribution >= 4 is 51.7 Å². The van der Waals surface area contributed by atoms with Gasteiger partial charge in [-0.25, -0.2) is 4.98 Å². The smallest absolute Gasteiger partial charge is 0.267 e. The summed E-state index contributed by atoms with van der Waals surface area (Å²) in [5.74, 6) is 1.88. The first-order chi connectivity index (χ1) is 16.8. The largest absolute Gasteiger partial charge is 0.454 e. The van der Waals surface area contributed by atoms with Crippen molar-refractivity contribution in [1.29, 1.82) is 0 Å². The monoisotopic (exact) mass is 508 g/mol. The average molecular weight is 509 g/mol. The average Bonchev–Trinajstić information content (AvgIpc) is 3.39. The Labute approximate surface area is 211 Å². The minimum Gasteiger partial charge on any atom is -0.454 e. The topological polar surface area (TPSA) is 85.2 Å². The molecular weight excluding hydrogens is 484 g/mol. The molecule has 5 rings (SSSR count). The van der Waals surface area contributed by atoms with Crippen LogP contribution in [0.3, 0.4) is 0 Å².